The molecule has 19 heavy (non-hydrogen) atoms. The number of piperidine rings is 1. The Balaban J connectivity index is 1.97. The van der Waals surface area contributed by atoms with Crippen molar-refractivity contribution in [3.8, 4) is 0 Å². The number of hydrogen-bond donors (Lipinski definition) is 1. The molecule has 2 aliphatic rings. The maximum atomic E-state index is 12.5. The fourth-order valence-corrected chi connectivity index (χ4v) is 2.70. The lowest BCUT2D eigenvalue weighted by Gasteiger charge is -2.38. The molecule has 2 fully saturated rings. The number of likely N-dealkylation sites (tertiary alicyclic amines) is 1. The van der Waals surface area contributed by atoms with Crippen molar-refractivity contribution in [2.24, 2.45) is 0 Å². The third kappa shape index (κ3) is 3.67. The highest BCUT2D eigenvalue weighted by Crippen LogP contribution is 2.21. The third-order valence-electron chi connectivity index (χ3n) is 3.76. The van der Waals surface area contributed by atoms with Gasteiger partial charge in [-0.25, -0.2) is 0 Å². The molecule has 0 aromatic carbocycles. The van der Waals surface area contributed by atoms with Crippen molar-refractivity contribution >= 4 is 11.9 Å². The van der Waals surface area contributed by atoms with Crippen molar-refractivity contribution in [2.45, 2.75) is 37.8 Å². The Morgan fingerprint density at radius 3 is 2.95 bits per heavy atom. The molecule has 2 unspecified atom stereocenters. The van der Waals surface area contributed by atoms with Gasteiger partial charge in [0, 0.05) is 19.1 Å². The number of carbonyl (C=O) groups excluding carboxylic acids is 2. The molecule has 2 atom stereocenters. The number of methoxy groups -OCH3 is 1. The molecule has 6 heteroatoms. The van der Waals surface area contributed by atoms with E-state index < -0.39 is 0 Å². The summed E-state index contributed by atoms with van der Waals surface area (Å²) >= 11 is 0. The lowest BCUT2D eigenvalue weighted by molar-refractivity contribution is -0.146. The number of hydrogen-bond acceptors (Lipinski definition) is 5. The van der Waals surface area contributed by atoms with Gasteiger partial charge >= 0.3 is 5.97 Å². The van der Waals surface area contributed by atoms with Crippen molar-refractivity contribution in [1.29, 1.82) is 0 Å². The molecule has 0 radical (unpaired) electrons. The predicted octanol–water partition coefficient (Wildman–Crippen LogP) is -0.0810. The molecule has 0 bridgehead atoms. The van der Waals surface area contributed by atoms with Gasteiger partial charge in [-0.15, -0.1) is 0 Å². The number of rotatable bonds is 3. The molecule has 2 heterocycles. The van der Waals surface area contributed by atoms with Gasteiger partial charge in [0.15, 0.2) is 0 Å². The molecule has 0 aliphatic carbocycles. The lowest BCUT2D eigenvalue weighted by atomic mass is 9.98. The van der Waals surface area contributed by atoms with E-state index in [1.807, 2.05) is 4.90 Å². The molecule has 0 aromatic rings. The van der Waals surface area contributed by atoms with E-state index in [1.165, 1.54) is 7.11 Å². The summed E-state index contributed by atoms with van der Waals surface area (Å²) in [5.74, 6) is -0.203. The van der Waals surface area contributed by atoms with Gasteiger partial charge in [-0.1, -0.05) is 0 Å². The second-order valence-electron chi connectivity index (χ2n) is 5.04. The van der Waals surface area contributed by atoms with E-state index in [9.17, 15) is 9.59 Å². The maximum Gasteiger partial charge on any atom is 0.307 e. The van der Waals surface area contributed by atoms with E-state index in [1.54, 1.807) is 0 Å². The van der Waals surface area contributed by atoms with E-state index >= 15 is 0 Å². The van der Waals surface area contributed by atoms with E-state index in [2.05, 4.69) is 5.32 Å². The van der Waals surface area contributed by atoms with Crippen LogP contribution in [0.4, 0.5) is 0 Å². The van der Waals surface area contributed by atoms with E-state index in [0.29, 0.717) is 19.8 Å². The molecule has 2 aliphatic heterocycles. The van der Waals surface area contributed by atoms with Crippen molar-refractivity contribution in [2.75, 3.05) is 33.4 Å². The lowest BCUT2D eigenvalue weighted by Crippen LogP contribution is -2.56. The summed E-state index contributed by atoms with van der Waals surface area (Å²) in [7, 11) is 1.38. The molecule has 1 N–H and O–H groups in total. The smallest absolute Gasteiger partial charge is 0.307 e. The van der Waals surface area contributed by atoms with Gasteiger partial charge in [0.2, 0.25) is 5.91 Å². The number of morpholine rings is 1. The van der Waals surface area contributed by atoms with Gasteiger partial charge in [-0.2, -0.15) is 0 Å². The topological polar surface area (TPSA) is 67.9 Å². The van der Waals surface area contributed by atoms with Gasteiger partial charge in [-0.3, -0.25) is 9.59 Å². The van der Waals surface area contributed by atoms with Crippen LogP contribution in [0.2, 0.25) is 0 Å². The van der Waals surface area contributed by atoms with Crippen LogP contribution in [0.25, 0.3) is 0 Å². The predicted molar refractivity (Wildman–Crippen MR) is 68.6 cm³/mol. The molecular weight excluding hydrogens is 248 g/mol. The molecule has 1 amide bonds. The van der Waals surface area contributed by atoms with Crippen molar-refractivity contribution in [1.82, 2.24) is 10.2 Å². The number of nitrogens with zero attached hydrogens (tertiary/aromatic N) is 1. The maximum absolute atomic E-state index is 12.5. The van der Waals surface area contributed by atoms with Crippen molar-refractivity contribution in [3.63, 3.8) is 0 Å². The highest BCUT2D eigenvalue weighted by molar-refractivity contribution is 5.83. The minimum Gasteiger partial charge on any atom is -0.469 e. The van der Waals surface area contributed by atoms with Crippen LogP contribution in [0.15, 0.2) is 0 Å². The monoisotopic (exact) mass is 270 g/mol. The average Bonchev–Trinajstić information content (AvgIpc) is 2.48. The van der Waals surface area contributed by atoms with Gasteiger partial charge in [-0.05, 0) is 19.3 Å². The van der Waals surface area contributed by atoms with Gasteiger partial charge in [0.1, 0.15) is 6.04 Å². The zero-order chi connectivity index (χ0) is 13.7. The largest absolute Gasteiger partial charge is 0.469 e. The first kappa shape index (κ1) is 14.3. The third-order valence-corrected chi connectivity index (χ3v) is 3.76. The fraction of sp³-hybridized carbons (Fsp3) is 0.846. The Morgan fingerprint density at radius 1 is 1.42 bits per heavy atom. The molecule has 0 aromatic heterocycles. The van der Waals surface area contributed by atoms with Crippen LogP contribution < -0.4 is 5.32 Å². The minimum atomic E-state index is -0.271. The second kappa shape index (κ2) is 6.86. The molecule has 6 nitrogen and oxygen atoms in total. The van der Waals surface area contributed by atoms with Crippen LogP contribution >= 0.6 is 0 Å². The number of ether oxygens (including phenoxy) is 2. The van der Waals surface area contributed by atoms with Crippen LogP contribution in [0.5, 0.6) is 0 Å². The standard InChI is InChI=1S/C13H22N2O4/c1-18-12(16)8-10-4-2-3-6-15(10)13(17)11-9-19-7-5-14-11/h10-11,14H,2-9H2,1H3. The fourth-order valence-electron chi connectivity index (χ4n) is 2.70. The zero-order valence-electron chi connectivity index (χ0n) is 11.4. The van der Waals surface area contributed by atoms with Gasteiger partial charge < -0.3 is 19.7 Å². The zero-order valence-corrected chi connectivity index (χ0v) is 11.4. The van der Waals surface area contributed by atoms with Gasteiger partial charge in [0.05, 0.1) is 26.7 Å². The summed E-state index contributed by atoms with van der Waals surface area (Å²) in [6, 6.07) is -0.301. The second-order valence-corrected chi connectivity index (χ2v) is 5.04. The number of esters is 1. The first-order valence-corrected chi connectivity index (χ1v) is 6.91. The highest BCUT2D eigenvalue weighted by Gasteiger charge is 2.33. The quantitative estimate of drug-likeness (QED) is 0.727. The summed E-state index contributed by atoms with van der Waals surface area (Å²) < 4.78 is 10.0. The van der Waals surface area contributed by atoms with Gasteiger partial charge in [0.25, 0.3) is 0 Å². The first-order valence-electron chi connectivity index (χ1n) is 6.91. The summed E-state index contributed by atoms with van der Waals surface area (Å²) in [5.41, 5.74) is 0. The van der Waals surface area contributed by atoms with Crippen LogP contribution in [-0.2, 0) is 19.1 Å². The molecule has 108 valence electrons. The summed E-state index contributed by atoms with van der Waals surface area (Å²) in [6.45, 7) is 2.49. The number of amides is 1. The Morgan fingerprint density at radius 2 is 2.26 bits per heavy atom. The van der Waals surface area contributed by atoms with E-state index in [0.717, 1.165) is 25.8 Å². The van der Waals surface area contributed by atoms with Crippen molar-refractivity contribution in [3.05, 3.63) is 0 Å². The average molecular weight is 270 g/mol. The first-order chi connectivity index (χ1) is 9.22. The summed E-state index contributed by atoms with van der Waals surface area (Å²) in [5, 5.41) is 3.17. The normalized spacial score (nSPS) is 27.9. The van der Waals surface area contributed by atoms with Crippen LogP contribution in [0.3, 0.4) is 0 Å². The molecule has 0 saturated carbocycles. The van der Waals surface area contributed by atoms with E-state index in [-0.39, 0.29) is 30.4 Å². The highest BCUT2D eigenvalue weighted by atomic mass is 16.5. The molecule has 2 rings (SSSR count). The number of nitrogens with one attached hydrogen (secondary N) is 1. The van der Waals surface area contributed by atoms with E-state index in [4.69, 9.17) is 9.47 Å². The summed E-state index contributed by atoms with van der Waals surface area (Å²) in [4.78, 5) is 25.7. The molecule has 2 saturated heterocycles. The van der Waals surface area contributed by atoms with Crippen molar-refractivity contribution < 1.29 is 19.1 Å². The molecule has 0 spiro atoms. The number of carbonyl (C=O) groups is 2. The Kier molecular flexibility index (Phi) is 5.15. The Bertz CT molecular complexity index is 329. The van der Waals surface area contributed by atoms with Crippen LogP contribution in [0.1, 0.15) is 25.7 Å². The summed E-state index contributed by atoms with van der Waals surface area (Å²) in [6.07, 6.45) is 3.21. The van der Waals surface area contributed by atoms with Crippen LogP contribution in [-0.4, -0.2) is 62.3 Å². The molecular formula is C13H22N2O4. The Hall–Kier alpha value is -1.14. The SMILES string of the molecule is COC(=O)CC1CCCCN1C(=O)C1COCCN1. The van der Waals surface area contributed by atoms with Crippen LogP contribution in [0, 0.1) is 0 Å². The Labute approximate surface area is 113 Å². The minimum absolute atomic E-state index is 0.0302.